The van der Waals surface area contributed by atoms with Gasteiger partial charge in [0, 0.05) is 6.54 Å². The molecule has 0 bridgehead atoms. The van der Waals surface area contributed by atoms with Crippen molar-refractivity contribution < 1.29 is 9.57 Å². The molecule has 1 aromatic rings. The van der Waals surface area contributed by atoms with Crippen molar-refractivity contribution in [3.63, 3.8) is 0 Å². The van der Waals surface area contributed by atoms with E-state index in [0.717, 1.165) is 5.75 Å². The summed E-state index contributed by atoms with van der Waals surface area (Å²) in [7, 11) is 0. The quantitative estimate of drug-likeness (QED) is 0.779. The maximum atomic E-state index is 5.43. The summed E-state index contributed by atoms with van der Waals surface area (Å²) in [5.74, 6) is 0.906. The zero-order valence-electron chi connectivity index (χ0n) is 10.5. The lowest BCUT2D eigenvalue weighted by molar-refractivity contribution is -0.0757. The number of benzene rings is 1. The van der Waals surface area contributed by atoms with Gasteiger partial charge in [0.25, 0.3) is 0 Å². The van der Waals surface area contributed by atoms with E-state index < -0.39 is 0 Å². The molecular formula is C13H21NO2. The highest BCUT2D eigenvalue weighted by atomic mass is 16.7. The number of rotatable bonds is 5. The molecule has 0 saturated heterocycles. The van der Waals surface area contributed by atoms with Gasteiger partial charge in [0.2, 0.25) is 0 Å². The van der Waals surface area contributed by atoms with Gasteiger partial charge in [0.1, 0.15) is 5.75 Å². The van der Waals surface area contributed by atoms with E-state index in [-0.39, 0.29) is 5.60 Å². The van der Waals surface area contributed by atoms with E-state index in [1.54, 1.807) is 0 Å². The average Bonchev–Trinajstić information content (AvgIpc) is 2.19. The van der Waals surface area contributed by atoms with Crippen molar-refractivity contribution in [1.82, 2.24) is 5.48 Å². The van der Waals surface area contributed by atoms with Crippen molar-refractivity contribution in [3.05, 3.63) is 29.8 Å². The first-order chi connectivity index (χ1) is 7.51. The van der Waals surface area contributed by atoms with Crippen LogP contribution in [0.3, 0.4) is 0 Å². The molecule has 0 saturated carbocycles. The Labute approximate surface area is 97.7 Å². The standard InChI is InChI=1S/C13H21NO2/c1-5-15-12-8-6-11(7-9-12)10-14-16-13(2,3)4/h6-9,14H,5,10H2,1-4H3. The van der Waals surface area contributed by atoms with Crippen LogP contribution in [0.5, 0.6) is 5.75 Å². The van der Waals surface area contributed by atoms with Crippen molar-refractivity contribution in [2.24, 2.45) is 0 Å². The van der Waals surface area contributed by atoms with Crippen molar-refractivity contribution in [1.29, 1.82) is 0 Å². The van der Waals surface area contributed by atoms with E-state index >= 15 is 0 Å². The number of nitrogens with one attached hydrogen (secondary N) is 1. The summed E-state index contributed by atoms with van der Waals surface area (Å²) in [4.78, 5) is 5.43. The van der Waals surface area contributed by atoms with Crippen LogP contribution in [0.15, 0.2) is 24.3 Å². The summed E-state index contributed by atoms with van der Waals surface area (Å²) in [6.07, 6.45) is 0. The van der Waals surface area contributed by atoms with Gasteiger partial charge in [-0.05, 0) is 45.4 Å². The Morgan fingerprint density at radius 3 is 2.25 bits per heavy atom. The third kappa shape index (κ3) is 5.14. The fraction of sp³-hybridized carbons (Fsp3) is 0.538. The Morgan fingerprint density at radius 1 is 1.12 bits per heavy atom. The molecule has 0 heterocycles. The molecule has 3 heteroatoms. The Hall–Kier alpha value is -1.06. The summed E-state index contributed by atoms with van der Waals surface area (Å²) in [6.45, 7) is 9.41. The molecule has 0 aliphatic heterocycles. The van der Waals surface area contributed by atoms with Gasteiger partial charge in [-0.3, -0.25) is 4.84 Å². The normalized spacial score (nSPS) is 11.5. The Bertz CT molecular complexity index is 301. The van der Waals surface area contributed by atoms with Crippen molar-refractivity contribution in [3.8, 4) is 5.75 Å². The highest BCUT2D eigenvalue weighted by Crippen LogP contribution is 2.12. The maximum Gasteiger partial charge on any atom is 0.119 e. The predicted octanol–water partition coefficient (Wildman–Crippen LogP) is 2.91. The summed E-state index contributed by atoms with van der Waals surface area (Å²) < 4.78 is 5.37. The Kier molecular flexibility index (Phi) is 4.77. The van der Waals surface area contributed by atoms with Crippen molar-refractivity contribution in [2.75, 3.05) is 6.61 Å². The second kappa shape index (κ2) is 5.87. The maximum absolute atomic E-state index is 5.43. The molecule has 1 N–H and O–H groups in total. The van der Waals surface area contributed by atoms with Crippen LogP contribution in [0.4, 0.5) is 0 Å². The zero-order chi connectivity index (χ0) is 12.0. The van der Waals surface area contributed by atoms with Gasteiger partial charge in [0.15, 0.2) is 0 Å². The highest BCUT2D eigenvalue weighted by molar-refractivity contribution is 5.27. The van der Waals surface area contributed by atoms with Crippen LogP contribution >= 0.6 is 0 Å². The minimum absolute atomic E-state index is 0.161. The molecule has 90 valence electrons. The van der Waals surface area contributed by atoms with Gasteiger partial charge in [-0.2, -0.15) is 5.48 Å². The number of hydrogen-bond acceptors (Lipinski definition) is 3. The molecule has 0 fully saturated rings. The number of ether oxygens (including phenoxy) is 1. The van der Waals surface area contributed by atoms with Crippen LogP contribution in [-0.2, 0) is 11.4 Å². The second-order valence-electron chi connectivity index (χ2n) is 4.61. The van der Waals surface area contributed by atoms with E-state index in [9.17, 15) is 0 Å². The third-order valence-corrected chi connectivity index (χ3v) is 1.89. The number of hydroxylamine groups is 1. The minimum atomic E-state index is -0.161. The van der Waals surface area contributed by atoms with Gasteiger partial charge in [-0.25, -0.2) is 0 Å². The fourth-order valence-corrected chi connectivity index (χ4v) is 1.21. The first kappa shape index (κ1) is 13.0. The van der Waals surface area contributed by atoms with E-state index in [0.29, 0.717) is 13.2 Å². The monoisotopic (exact) mass is 223 g/mol. The molecule has 0 unspecified atom stereocenters. The average molecular weight is 223 g/mol. The zero-order valence-corrected chi connectivity index (χ0v) is 10.5. The van der Waals surface area contributed by atoms with Gasteiger partial charge in [-0.15, -0.1) is 0 Å². The third-order valence-electron chi connectivity index (χ3n) is 1.89. The molecule has 1 rings (SSSR count). The van der Waals surface area contributed by atoms with Crippen LogP contribution in [0.1, 0.15) is 33.3 Å². The number of hydrogen-bond donors (Lipinski definition) is 1. The summed E-state index contributed by atoms with van der Waals surface area (Å²) in [6, 6.07) is 8.00. The SMILES string of the molecule is CCOc1ccc(CNOC(C)(C)C)cc1. The molecule has 0 amide bonds. The van der Waals surface area contributed by atoms with Gasteiger partial charge >= 0.3 is 0 Å². The molecule has 3 nitrogen and oxygen atoms in total. The topological polar surface area (TPSA) is 30.5 Å². The summed E-state index contributed by atoms with van der Waals surface area (Å²) in [5.41, 5.74) is 3.96. The molecular weight excluding hydrogens is 202 g/mol. The lowest BCUT2D eigenvalue weighted by atomic mass is 10.2. The molecule has 0 radical (unpaired) electrons. The molecule has 16 heavy (non-hydrogen) atoms. The largest absolute Gasteiger partial charge is 0.494 e. The molecule has 0 spiro atoms. The van der Waals surface area contributed by atoms with E-state index in [1.807, 2.05) is 52.0 Å². The molecule has 0 aliphatic rings. The van der Waals surface area contributed by atoms with Crippen LogP contribution in [0.2, 0.25) is 0 Å². The lowest BCUT2D eigenvalue weighted by Gasteiger charge is -2.19. The minimum Gasteiger partial charge on any atom is -0.494 e. The predicted molar refractivity (Wildman–Crippen MR) is 65.3 cm³/mol. The van der Waals surface area contributed by atoms with Crippen LogP contribution < -0.4 is 10.2 Å². The van der Waals surface area contributed by atoms with Crippen LogP contribution in [0, 0.1) is 0 Å². The van der Waals surface area contributed by atoms with E-state index in [4.69, 9.17) is 9.57 Å². The van der Waals surface area contributed by atoms with Gasteiger partial charge in [-0.1, -0.05) is 12.1 Å². The second-order valence-corrected chi connectivity index (χ2v) is 4.61. The fourth-order valence-electron chi connectivity index (χ4n) is 1.21. The van der Waals surface area contributed by atoms with Crippen molar-refractivity contribution in [2.45, 2.75) is 39.8 Å². The highest BCUT2D eigenvalue weighted by Gasteiger charge is 2.09. The van der Waals surface area contributed by atoms with Crippen LogP contribution in [-0.4, -0.2) is 12.2 Å². The van der Waals surface area contributed by atoms with Crippen LogP contribution in [0.25, 0.3) is 0 Å². The van der Waals surface area contributed by atoms with Gasteiger partial charge < -0.3 is 4.74 Å². The van der Waals surface area contributed by atoms with E-state index in [2.05, 4.69) is 5.48 Å². The van der Waals surface area contributed by atoms with E-state index in [1.165, 1.54) is 5.56 Å². The first-order valence-electron chi connectivity index (χ1n) is 5.64. The van der Waals surface area contributed by atoms with Crippen molar-refractivity contribution >= 4 is 0 Å². The Morgan fingerprint density at radius 2 is 1.75 bits per heavy atom. The summed E-state index contributed by atoms with van der Waals surface area (Å²) in [5, 5.41) is 0. The first-order valence-corrected chi connectivity index (χ1v) is 5.64. The Balaban J connectivity index is 2.37. The lowest BCUT2D eigenvalue weighted by Crippen LogP contribution is -2.28. The molecule has 0 aromatic heterocycles. The van der Waals surface area contributed by atoms with Gasteiger partial charge in [0.05, 0.1) is 12.2 Å². The summed E-state index contributed by atoms with van der Waals surface area (Å²) >= 11 is 0. The molecule has 1 aromatic carbocycles. The molecule has 0 aliphatic carbocycles. The molecule has 0 atom stereocenters. The smallest absolute Gasteiger partial charge is 0.119 e.